The summed E-state index contributed by atoms with van der Waals surface area (Å²) in [6, 6.07) is 0. The van der Waals surface area contributed by atoms with E-state index in [1.807, 2.05) is 0 Å². The van der Waals surface area contributed by atoms with Gasteiger partial charge in [0, 0.05) is 27.1 Å². The maximum absolute atomic E-state index is 12.4. The Balaban J connectivity index is 4.81. The molecular weight excluding hydrogens is 316 g/mol. The number of methoxy groups -OCH3 is 4. The number of hydrogen-bond acceptors (Lipinski definition) is 7. The Labute approximate surface area is 144 Å². The third-order valence-electron chi connectivity index (χ3n) is 4.20. The van der Waals surface area contributed by atoms with E-state index < -0.39 is 17.9 Å². The topological polar surface area (TPSA) is 88.1 Å². The van der Waals surface area contributed by atoms with E-state index in [1.165, 1.54) is 14.2 Å². The molecular formula is C17H30O7. The van der Waals surface area contributed by atoms with Crippen molar-refractivity contribution in [1.29, 1.82) is 0 Å². The van der Waals surface area contributed by atoms with Crippen LogP contribution in [0, 0.1) is 17.8 Å². The second-order valence-electron chi connectivity index (χ2n) is 6.00. The molecule has 0 N–H and O–H groups in total. The van der Waals surface area contributed by atoms with Crippen LogP contribution in [0.5, 0.6) is 0 Å². The number of ether oxygens (including phenoxy) is 4. The van der Waals surface area contributed by atoms with E-state index in [1.54, 1.807) is 14.2 Å². The minimum absolute atomic E-state index is 0.180. The van der Waals surface area contributed by atoms with Crippen molar-refractivity contribution in [1.82, 2.24) is 0 Å². The van der Waals surface area contributed by atoms with Gasteiger partial charge < -0.3 is 18.9 Å². The molecule has 0 aromatic heterocycles. The first-order valence-electron chi connectivity index (χ1n) is 8.03. The molecule has 0 heterocycles. The molecule has 0 saturated carbocycles. The van der Waals surface area contributed by atoms with Crippen LogP contribution in [0.4, 0.5) is 0 Å². The van der Waals surface area contributed by atoms with E-state index in [4.69, 9.17) is 9.47 Å². The molecule has 0 amide bonds. The van der Waals surface area contributed by atoms with Crippen LogP contribution in [-0.4, -0.2) is 52.5 Å². The highest BCUT2D eigenvalue weighted by Gasteiger charge is 2.31. The molecule has 0 unspecified atom stereocenters. The van der Waals surface area contributed by atoms with Crippen LogP contribution in [-0.2, 0) is 33.3 Å². The highest BCUT2D eigenvalue weighted by molar-refractivity contribution is 6.01. The van der Waals surface area contributed by atoms with Crippen molar-refractivity contribution in [2.75, 3.05) is 28.4 Å². The lowest BCUT2D eigenvalue weighted by molar-refractivity contribution is -0.155. The zero-order valence-electron chi connectivity index (χ0n) is 15.5. The number of ketones is 1. The van der Waals surface area contributed by atoms with Gasteiger partial charge in [0.05, 0.1) is 20.6 Å². The largest absolute Gasteiger partial charge is 0.469 e. The lowest BCUT2D eigenvalue weighted by Gasteiger charge is -2.25. The lowest BCUT2D eigenvalue weighted by atomic mass is 9.85. The molecule has 0 aromatic carbocycles. The minimum Gasteiger partial charge on any atom is -0.469 e. The fourth-order valence-corrected chi connectivity index (χ4v) is 2.48. The summed E-state index contributed by atoms with van der Waals surface area (Å²) in [5.74, 6) is -2.24. The van der Waals surface area contributed by atoms with Crippen molar-refractivity contribution in [2.45, 2.75) is 45.8 Å². The molecule has 7 heteroatoms. The van der Waals surface area contributed by atoms with Crippen LogP contribution in [0.15, 0.2) is 0 Å². The highest BCUT2D eigenvalue weighted by Crippen LogP contribution is 2.25. The lowest BCUT2D eigenvalue weighted by Crippen LogP contribution is -2.29. The third kappa shape index (κ3) is 7.88. The van der Waals surface area contributed by atoms with Gasteiger partial charge in [-0.2, -0.15) is 0 Å². The first-order chi connectivity index (χ1) is 11.3. The summed E-state index contributed by atoms with van der Waals surface area (Å²) in [5.41, 5.74) is 0. The van der Waals surface area contributed by atoms with Gasteiger partial charge in [-0.05, 0) is 18.3 Å². The monoisotopic (exact) mass is 346 g/mol. The summed E-state index contributed by atoms with van der Waals surface area (Å²) in [6.45, 7) is 4.12. The van der Waals surface area contributed by atoms with Crippen molar-refractivity contribution in [3.05, 3.63) is 0 Å². The molecule has 24 heavy (non-hydrogen) atoms. The number of hydrogen-bond donors (Lipinski definition) is 0. The molecule has 0 radical (unpaired) electrons. The Morgan fingerprint density at radius 2 is 1.50 bits per heavy atom. The summed E-state index contributed by atoms with van der Waals surface area (Å²) >= 11 is 0. The van der Waals surface area contributed by atoms with Crippen molar-refractivity contribution in [3.63, 3.8) is 0 Å². The van der Waals surface area contributed by atoms with Gasteiger partial charge in [-0.3, -0.25) is 14.4 Å². The zero-order chi connectivity index (χ0) is 18.7. The molecule has 0 aliphatic heterocycles. The van der Waals surface area contributed by atoms with E-state index in [0.717, 1.165) is 0 Å². The van der Waals surface area contributed by atoms with Crippen molar-refractivity contribution in [2.24, 2.45) is 17.8 Å². The van der Waals surface area contributed by atoms with Gasteiger partial charge in [0.1, 0.15) is 11.7 Å². The van der Waals surface area contributed by atoms with Crippen LogP contribution in [0.25, 0.3) is 0 Å². The summed E-state index contributed by atoms with van der Waals surface area (Å²) in [6.07, 6.45) is 0.776. The molecule has 7 nitrogen and oxygen atoms in total. The Bertz CT molecular complexity index is 402. The fourth-order valence-electron chi connectivity index (χ4n) is 2.48. The highest BCUT2D eigenvalue weighted by atomic mass is 16.7. The van der Waals surface area contributed by atoms with Gasteiger partial charge in [-0.25, -0.2) is 0 Å². The molecule has 0 aliphatic carbocycles. The Kier molecular flexibility index (Phi) is 11.2. The van der Waals surface area contributed by atoms with Crippen molar-refractivity contribution < 1.29 is 33.3 Å². The van der Waals surface area contributed by atoms with Crippen LogP contribution in [0.3, 0.4) is 0 Å². The average Bonchev–Trinajstić information content (AvgIpc) is 2.58. The Hall–Kier alpha value is -1.47. The zero-order valence-corrected chi connectivity index (χ0v) is 15.5. The van der Waals surface area contributed by atoms with Crippen molar-refractivity contribution >= 4 is 17.7 Å². The minimum atomic E-state index is -1.11. The molecule has 0 spiro atoms. The molecule has 0 aliphatic rings. The quantitative estimate of drug-likeness (QED) is 0.303. The fraction of sp³-hybridized carbons (Fsp3) is 0.824. The van der Waals surface area contributed by atoms with Gasteiger partial charge in [0.25, 0.3) is 0 Å². The first kappa shape index (κ1) is 22.5. The van der Waals surface area contributed by atoms with Crippen LogP contribution in [0.2, 0.25) is 0 Å². The van der Waals surface area contributed by atoms with Gasteiger partial charge in [-0.15, -0.1) is 0 Å². The Morgan fingerprint density at radius 1 is 0.917 bits per heavy atom. The second-order valence-corrected chi connectivity index (χ2v) is 6.00. The van der Waals surface area contributed by atoms with Crippen LogP contribution >= 0.6 is 0 Å². The number of esters is 2. The summed E-state index contributed by atoms with van der Waals surface area (Å²) in [7, 11) is 5.55. The SMILES string of the molecule is COC(=O)C[C@H](C(=O)CC[C@H](CC(OC)OC)C(C)C)C(=O)OC. The average molecular weight is 346 g/mol. The van der Waals surface area contributed by atoms with Crippen LogP contribution in [0.1, 0.15) is 39.5 Å². The van der Waals surface area contributed by atoms with E-state index in [-0.39, 0.29) is 30.8 Å². The number of Topliss-reactive ketones (excluding diaryl/α,β-unsaturated/α-hetero) is 1. The van der Waals surface area contributed by atoms with Gasteiger partial charge in [-0.1, -0.05) is 13.8 Å². The third-order valence-corrected chi connectivity index (χ3v) is 4.20. The van der Waals surface area contributed by atoms with Gasteiger partial charge >= 0.3 is 11.9 Å². The predicted molar refractivity (Wildman–Crippen MR) is 87.1 cm³/mol. The van der Waals surface area contributed by atoms with E-state index in [2.05, 4.69) is 23.3 Å². The summed E-state index contributed by atoms with van der Waals surface area (Å²) in [4.78, 5) is 35.5. The standard InChI is InChI=1S/C17H30O7/c1-11(2)12(9-16(22-4)23-5)7-8-14(18)13(17(20)24-6)10-15(19)21-3/h11-13,16H,7-10H2,1-6H3/t12-,13-/m1/s1. The van der Waals surface area contributed by atoms with Gasteiger partial charge in [0.15, 0.2) is 6.29 Å². The Morgan fingerprint density at radius 3 is 1.92 bits per heavy atom. The normalized spacial score (nSPS) is 13.7. The first-order valence-corrected chi connectivity index (χ1v) is 8.03. The molecule has 140 valence electrons. The second kappa shape index (κ2) is 12.0. The molecule has 0 aromatic rings. The van der Waals surface area contributed by atoms with Crippen molar-refractivity contribution in [3.8, 4) is 0 Å². The number of carbonyl (C=O) groups is 3. The maximum atomic E-state index is 12.4. The molecule has 0 bridgehead atoms. The number of carbonyl (C=O) groups excluding carboxylic acids is 3. The van der Waals surface area contributed by atoms with Crippen LogP contribution < -0.4 is 0 Å². The maximum Gasteiger partial charge on any atom is 0.316 e. The van der Waals surface area contributed by atoms with E-state index in [9.17, 15) is 14.4 Å². The number of rotatable bonds is 12. The molecule has 0 rings (SSSR count). The molecule has 2 atom stereocenters. The van der Waals surface area contributed by atoms with E-state index >= 15 is 0 Å². The smallest absolute Gasteiger partial charge is 0.316 e. The summed E-state index contributed by atoms with van der Waals surface area (Å²) < 4.78 is 19.6. The van der Waals surface area contributed by atoms with Gasteiger partial charge in [0.2, 0.25) is 0 Å². The predicted octanol–water partition coefficient (Wildman–Crippen LogP) is 1.97. The molecule has 0 fully saturated rings. The summed E-state index contributed by atoms with van der Waals surface area (Å²) in [5, 5.41) is 0. The van der Waals surface area contributed by atoms with E-state index in [0.29, 0.717) is 18.8 Å². The molecule has 0 saturated heterocycles.